The molecule has 0 fully saturated rings. The molecule has 0 atom stereocenters. The van der Waals surface area contributed by atoms with E-state index in [9.17, 15) is 4.79 Å². The molecule has 0 radical (unpaired) electrons. The normalized spacial score (nSPS) is 13.3. The summed E-state index contributed by atoms with van der Waals surface area (Å²) >= 11 is 3.39. The molecule has 0 spiro atoms. The summed E-state index contributed by atoms with van der Waals surface area (Å²) < 4.78 is 16.4. The van der Waals surface area contributed by atoms with Crippen LogP contribution in [0.3, 0.4) is 0 Å². The predicted octanol–water partition coefficient (Wildman–Crippen LogP) is 2.57. The van der Waals surface area contributed by atoms with Gasteiger partial charge in [0.05, 0.1) is 0 Å². The number of carboxylic acids is 1. The quantitative estimate of drug-likeness (QED) is 0.913. The highest BCUT2D eigenvalue weighted by Gasteiger charge is 2.19. The first-order chi connectivity index (χ1) is 9.15. The highest BCUT2D eigenvalue weighted by atomic mass is 79.9. The summed E-state index contributed by atoms with van der Waals surface area (Å²) in [5.41, 5.74) is 1.10. The molecule has 0 saturated carbocycles. The summed E-state index contributed by atoms with van der Waals surface area (Å²) in [5, 5.41) is 12.6. The first-order valence-corrected chi connectivity index (χ1v) is 6.24. The Labute approximate surface area is 116 Å². The van der Waals surface area contributed by atoms with Crippen LogP contribution >= 0.6 is 15.9 Å². The summed E-state index contributed by atoms with van der Waals surface area (Å²) in [5.74, 6) is -0.127. The number of carbonyl (C=O) groups is 1. The zero-order chi connectivity index (χ0) is 13.4. The van der Waals surface area contributed by atoms with Gasteiger partial charge in [0, 0.05) is 16.1 Å². The number of halogens is 1. The van der Waals surface area contributed by atoms with E-state index in [1.54, 1.807) is 12.1 Å². The smallest absolute Gasteiger partial charge is 0.374 e. The van der Waals surface area contributed by atoms with Gasteiger partial charge in [-0.15, -0.1) is 0 Å². The van der Waals surface area contributed by atoms with E-state index < -0.39 is 5.97 Å². The van der Waals surface area contributed by atoms with Crippen molar-refractivity contribution in [3.8, 4) is 22.8 Å². The molecule has 0 saturated heterocycles. The van der Waals surface area contributed by atoms with Crippen molar-refractivity contribution >= 4 is 21.9 Å². The Bertz CT molecular complexity index is 652. The van der Waals surface area contributed by atoms with E-state index in [2.05, 4.69) is 21.1 Å². The molecular formula is C12H8BrNO5. The number of fused-ring (bicyclic) bond motifs is 1. The van der Waals surface area contributed by atoms with Crippen molar-refractivity contribution in [3.63, 3.8) is 0 Å². The molecule has 6 nitrogen and oxygen atoms in total. The van der Waals surface area contributed by atoms with E-state index in [1.807, 2.05) is 0 Å². The number of benzene rings is 1. The van der Waals surface area contributed by atoms with Crippen LogP contribution in [0.5, 0.6) is 11.5 Å². The zero-order valence-electron chi connectivity index (χ0n) is 9.55. The highest BCUT2D eigenvalue weighted by molar-refractivity contribution is 9.10. The molecular weight excluding hydrogens is 318 g/mol. The van der Waals surface area contributed by atoms with Gasteiger partial charge in [-0.25, -0.2) is 4.79 Å². The molecule has 1 aliphatic rings. The van der Waals surface area contributed by atoms with Gasteiger partial charge in [0.1, 0.15) is 18.9 Å². The van der Waals surface area contributed by atoms with Gasteiger partial charge in [0.25, 0.3) is 0 Å². The van der Waals surface area contributed by atoms with Gasteiger partial charge in [0.2, 0.25) is 5.76 Å². The van der Waals surface area contributed by atoms with Crippen molar-refractivity contribution in [1.29, 1.82) is 0 Å². The van der Waals surface area contributed by atoms with Crippen LogP contribution in [0.2, 0.25) is 0 Å². The molecule has 1 aromatic carbocycles. The van der Waals surface area contributed by atoms with Gasteiger partial charge in [-0.3, -0.25) is 0 Å². The third-order valence-corrected chi connectivity index (χ3v) is 3.28. The van der Waals surface area contributed by atoms with Gasteiger partial charge in [-0.05, 0) is 28.1 Å². The number of nitrogens with zero attached hydrogens (tertiary/aromatic N) is 1. The average Bonchev–Trinajstić information content (AvgIpc) is 2.87. The minimum Gasteiger partial charge on any atom is -0.486 e. The van der Waals surface area contributed by atoms with E-state index in [4.69, 9.17) is 19.1 Å². The average molecular weight is 326 g/mol. The van der Waals surface area contributed by atoms with E-state index >= 15 is 0 Å². The minimum absolute atomic E-state index is 0.211. The summed E-state index contributed by atoms with van der Waals surface area (Å²) in [6.07, 6.45) is 0. The molecule has 2 heterocycles. The molecule has 98 valence electrons. The lowest BCUT2D eigenvalue weighted by atomic mass is 10.1. The summed E-state index contributed by atoms with van der Waals surface area (Å²) in [4.78, 5) is 10.8. The first kappa shape index (κ1) is 12.0. The Morgan fingerprint density at radius 1 is 1.21 bits per heavy atom. The first-order valence-electron chi connectivity index (χ1n) is 5.44. The number of aromatic carboxylic acids is 1. The van der Waals surface area contributed by atoms with Crippen molar-refractivity contribution < 1.29 is 23.9 Å². The van der Waals surface area contributed by atoms with Gasteiger partial charge in [-0.2, -0.15) is 0 Å². The number of carboxylic acid groups (broad SMARTS) is 1. The summed E-state index contributed by atoms with van der Waals surface area (Å²) in [6, 6.07) is 4.86. The maximum Gasteiger partial charge on any atom is 0.374 e. The Balaban J connectivity index is 2.06. The number of rotatable bonds is 2. The van der Waals surface area contributed by atoms with Crippen LogP contribution in [0.4, 0.5) is 0 Å². The van der Waals surface area contributed by atoms with Crippen LogP contribution in [-0.2, 0) is 0 Å². The Kier molecular flexibility index (Phi) is 2.90. The molecule has 0 unspecified atom stereocenters. The molecule has 7 heteroatoms. The fourth-order valence-electron chi connectivity index (χ4n) is 1.76. The van der Waals surface area contributed by atoms with E-state index in [-0.39, 0.29) is 5.76 Å². The maximum atomic E-state index is 10.8. The Morgan fingerprint density at radius 2 is 1.89 bits per heavy atom. The third-order valence-electron chi connectivity index (χ3n) is 2.63. The van der Waals surface area contributed by atoms with Crippen molar-refractivity contribution in [2.45, 2.75) is 0 Å². The second-order valence-corrected chi connectivity index (χ2v) is 4.71. The van der Waals surface area contributed by atoms with Crippen LogP contribution in [-0.4, -0.2) is 29.4 Å². The molecule has 1 aliphatic heterocycles. The number of ether oxygens (including phenoxy) is 2. The molecule has 19 heavy (non-hydrogen) atoms. The van der Waals surface area contributed by atoms with Gasteiger partial charge in [-0.1, -0.05) is 5.16 Å². The van der Waals surface area contributed by atoms with Gasteiger partial charge >= 0.3 is 5.97 Å². The summed E-state index contributed by atoms with van der Waals surface area (Å²) in [6.45, 7) is 0.985. The van der Waals surface area contributed by atoms with Crippen LogP contribution in [0.1, 0.15) is 10.6 Å². The zero-order valence-corrected chi connectivity index (χ0v) is 11.1. The third kappa shape index (κ3) is 2.17. The SMILES string of the molecule is O=C(O)c1cc(-c2cc3c(cc2Br)OCCO3)no1. The van der Waals surface area contributed by atoms with Crippen LogP contribution in [0, 0.1) is 0 Å². The second-order valence-electron chi connectivity index (χ2n) is 3.86. The Morgan fingerprint density at radius 3 is 2.53 bits per heavy atom. The van der Waals surface area contributed by atoms with Crippen molar-refractivity contribution in [1.82, 2.24) is 5.16 Å². The molecule has 1 N–H and O–H groups in total. The molecule has 0 bridgehead atoms. The van der Waals surface area contributed by atoms with Crippen LogP contribution < -0.4 is 9.47 Å². The standard InChI is InChI=1S/C12H8BrNO5/c13-7-4-10-9(17-1-2-18-10)3-6(7)8-5-11(12(15)16)19-14-8/h3-5H,1-2H2,(H,15,16). The van der Waals surface area contributed by atoms with Gasteiger partial charge in [0.15, 0.2) is 11.5 Å². The lowest BCUT2D eigenvalue weighted by Gasteiger charge is -2.19. The van der Waals surface area contributed by atoms with Crippen molar-refractivity contribution in [2.75, 3.05) is 13.2 Å². The van der Waals surface area contributed by atoms with Gasteiger partial charge < -0.3 is 19.1 Å². The fraction of sp³-hybridized carbons (Fsp3) is 0.167. The van der Waals surface area contributed by atoms with Crippen LogP contribution in [0.15, 0.2) is 27.2 Å². The summed E-state index contributed by atoms with van der Waals surface area (Å²) in [7, 11) is 0. The molecule has 2 aromatic rings. The minimum atomic E-state index is -1.16. The second kappa shape index (κ2) is 4.58. The number of aromatic nitrogens is 1. The lowest BCUT2D eigenvalue weighted by Crippen LogP contribution is -2.15. The monoisotopic (exact) mass is 325 g/mol. The number of hydrogen-bond donors (Lipinski definition) is 1. The largest absolute Gasteiger partial charge is 0.486 e. The molecule has 0 aliphatic carbocycles. The van der Waals surface area contributed by atoms with E-state index in [1.165, 1.54) is 6.07 Å². The number of hydrogen-bond acceptors (Lipinski definition) is 5. The van der Waals surface area contributed by atoms with Crippen LogP contribution in [0.25, 0.3) is 11.3 Å². The van der Waals surface area contributed by atoms with E-state index in [0.29, 0.717) is 36.0 Å². The lowest BCUT2D eigenvalue weighted by molar-refractivity contribution is 0.0652. The van der Waals surface area contributed by atoms with E-state index in [0.717, 1.165) is 4.47 Å². The molecule has 0 amide bonds. The van der Waals surface area contributed by atoms with Crippen molar-refractivity contribution in [2.24, 2.45) is 0 Å². The topological polar surface area (TPSA) is 81.8 Å². The van der Waals surface area contributed by atoms with Crippen molar-refractivity contribution in [3.05, 3.63) is 28.4 Å². The fourth-order valence-corrected chi connectivity index (χ4v) is 2.29. The predicted molar refractivity (Wildman–Crippen MR) is 67.6 cm³/mol. The molecule has 1 aromatic heterocycles. The Hall–Kier alpha value is -2.02. The maximum absolute atomic E-state index is 10.8. The highest BCUT2D eigenvalue weighted by Crippen LogP contribution is 2.39. The molecule has 3 rings (SSSR count).